The van der Waals surface area contributed by atoms with Gasteiger partial charge in [0.15, 0.2) is 0 Å². The Morgan fingerprint density at radius 3 is 2.74 bits per heavy atom. The second kappa shape index (κ2) is 8.50. The van der Waals surface area contributed by atoms with Crippen LogP contribution in [-0.2, 0) is 11.2 Å². The van der Waals surface area contributed by atoms with E-state index in [9.17, 15) is 10.1 Å². The van der Waals surface area contributed by atoms with E-state index in [1.54, 1.807) is 18.3 Å². The quantitative estimate of drug-likeness (QED) is 0.470. The molecule has 0 spiro atoms. The van der Waals surface area contributed by atoms with Gasteiger partial charge in [-0.1, -0.05) is 6.07 Å². The topological polar surface area (TPSA) is 96.9 Å². The van der Waals surface area contributed by atoms with Crippen molar-refractivity contribution in [3.8, 4) is 6.07 Å². The number of rotatable bonds is 4. The molecule has 0 atom stereocenters. The molecule has 3 aromatic heterocycles. The van der Waals surface area contributed by atoms with Gasteiger partial charge in [0.25, 0.3) is 5.91 Å². The lowest BCUT2D eigenvalue weighted by atomic mass is 9.95. The highest BCUT2D eigenvalue weighted by Crippen LogP contribution is 2.34. The smallest absolute Gasteiger partial charge is 0.272 e. The Morgan fingerprint density at radius 2 is 1.97 bits per heavy atom. The van der Waals surface area contributed by atoms with Gasteiger partial charge in [0.2, 0.25) is 0 Å². The molecule has 4 aromatic rings. The third kappa shape index (κ3) is 3.58. The van der Waals surface area contributed by atoms with Crippen molar-refractivity contribution in [2.24, 2.45) is 5.92 Å². The van der Waals surface area contributed by atoms with Crippen molar-refractivity contribution in [2.75, 3.05) is 26.3 Å². The number of hydrogen-bond donors (Lipinski definition) is 0. The van der Waals surface area contributed by atoms with E-state index >= 15 is 0 Å². The number of carbonyl (C=O) groups is 1. The fourth-order valence-electron chi connectivity index (χ4n) is 5.15. The van der Waals surface area contributed by atoms with Crippen LogP contribution in [0.15, 0.2) is 48.8 Å². The van der Waals surface area contributed by atoms with Gasteiger partial charge in [-0.25, -0.2) is 4.98 Å². The number of nitrogens with zero attached hydrogens (tertiary/aromatic N) is 6. The van der Waals surface area contributed by atoms with Crippen LogP contribution >= 0.6 is 0 Å². The van der Waals surface area contributed by atoms with Crippen LogP contribution in [0.4, 0.5) is 0 Å². The summed E-state index contributed by atoms with van der Waals surface area (Å²) in [6.07, 6.45) is 6.12. The van der Waals surface area contributed by atoms with E-state index in [1.807, 2.05) is 35.4 Å². The highest BCUT2D eigenvalue weighted by molar-refractivity contribution is 6.03. The Hall–Kier alpha value is -3.83. The molecule has 34 heavy (non-hydrogen) atoms. The molecule has 0 bridgehead atoms. The number of fused-ring (bicyclic) bond motifs is 3. The fraction of sp³-hybridized carbons (Fsp3) is 0.346. The van der Waals surface area contributed by atoms with Crippen LogP contribution in [0.1, 0.15) is 40.8 Å². The largest absolute Gasteiger partial charge is 0.381 e. The van der Waals surface area contributed by atoms with Crippen LogP contribution < -0.4 is 0 Å². The van der Waals surface area contributed by atoms with Gasteiger partial charge < -0.3 is 14.2 Å². The lowest BCUT2D eigenvalue weighted by molar-refractivity contribution is 0.0482. The molecule has 2 aliphatic rings. The summed E-state index contributed by atoms with van der Waals surface area (Å²) in [5, 5.41) is 10.4. The van der Waals surface area contributed by atoms with E-state index < -0.39 is 0 Å². The molecular formula is C26H24N6O2. The summed E-state index contributed by atoms with van der Waals surface area (Å²) in [4.78, 5) is 28.3. The third-order valence-corrected chi connectivity index (χ3v) is 6.87. The minimum Gasteiger partial charge on any atom is -0.381 e. The number of imidazole rings is 1. The monoisotopic (exact) mass is 452 g/mol. The molecule has 5 heterocycles. The maximum atomic E-state index is 12.7. The Morgan fingerprint density at radius 1 is 1.12 bits per heavy atom. The number of nitriles is 1. The summed E-state index contributed by atoms with van der Waals surface area (Å²) >= 11 is 0. The van der Waals surface area contributed by atoms with Crippen LogP contribution in [0.3, 0.4) is 0 Å². The van der Waals surface area contributed by atoms with E-state index in [2.05, 4.69) is 20.6 Å². The Bertz CT molecular complexity index is 1410. The molecule has 2 aliphatic heterocycles. The first kappa shape index (κ1) is 20.8. The van der Waals surface area contributed by atoms with E-state index in [0.29, 0.717) is 30.3 Å². The van der Waals surface area contributed by atoms with Crippen molar-refractivity contribution < 1.29 is 9.53 Å². The molecule has 1 amide bonds. The van der Waals surface area contributed by atoms with E-state index in [1.165, 1.54) is 0 Å². The van der Waals surface area contributed by atoms with E-state index in [0.717, 1.165) is 60.2 Å². The molecule has 1 aromatic carbocycles. The number of hydrogen-bond acceptors (Lipinski definition) is 6. The summed E-state index contributed by atoms with van der Waals surface area (Å²) < 4.78 is 8.00. The molecule has 2 fully saturated rings. The standard InChI is InChI=1S/C26H24N6O2/c27-13-17-4-5-21-20(11-17)25-23(14-29-21)30-24(32(25)19-6-9-34-10-7-19)12-18-15-31(16-18)26(33)22-3-1-2-8-28-22/h1-5,8,11,14,18-19H,6-7,9-10,12,15-16H2. The van der Waals surface area contributed by atoms with Crippen molar-refractivity contribution in [1.82, 2.24) is 24.4 Å². The lowest BCUT2D eigenvalue weighted by Gasteiger charge is -2.39. The molecule has 0 radical (unpaired) electrons. The number of benzene rings is 1. The molecule has 8 nitrogen and oxygen atoms in total. The van der Waals surface area contributed by atoms with Gasteiger partial charge in [0, 0.05) is 56.3 Å². The summed E-state index contributed by atoms with van der Waals surface area (Å²) in [6, 6.07) is 13.6. The van der Waals surface area contributed by atoms with Crippen molar-refractivity contribution in [3.05, 3.63) is 65.9 Å². The van der Waals surface area contributed by atoms with Crippen LogP contribution in [0.5, 0.6) is 0 Å². The van der Waals surface area contributed by atoms with Crippen LogP contribution in [0.2, 0.25) is 0 Å². The summed E-state index contributed by atoms with van der Waals surface area (Å²) in [6.45, 7) is 2.85. The van der Waals surface area contributed by atoms with Crippen LogP contribution in [0, 0.1) is 17.2 Å². The van der Waals surface area contributed by atoms with E-state index in [-0.39, 0.29) is 11.9 Å². The van der Waals surface area contributed by atoms with Gasteiger partial charge in [0.05, 0.1) is 28.9 Å². The summed E-state index contributed by atoms with van der Waals surface area (Å²) in [7, 11) is 0. The molecule has 0 unspecified atom stereocenters. The first-order valence-electron chi connectivity index (χ1n) is 11.7. The number of aromatic nitrogens is 4. The zero-order valence-electron chi connectivity index (χ0n) is 18.7. The molecule has 170 valence electrons. The minimum atomic E-state index is -0.0194. The number of ether oxygens (including phenoxy) is 1. The predicted molar refractivity (Wildman–Crippen MR) is 126 cm³/mol. The molecule has 2 saturated heterocycles. The zero-order chi connectivity index (χ0) is 23.1. The molecule has 0 aliphatic carbocycles. The Kier molecular flexibility index (Phi) is 5.19. The van der Waals surface area contributed by atoms with Crippen LogP contribution in [-0.4, -0.2) is 56.6 Å². The normalized spacial score (nSPS) is 17.1. The van der Waals surface area contributed by atoms with Gasteiger partial charge in [0.1, 0.15) is 17.0 Å². The maximum Gasteiger partial charge on any atom is 0.272 e. The van der Waals surface area contributed by atoms with Crippen molar-refractivity contribution in [2.45, 2.75) is 25.3 Å². The molecular weight excluding hydrogens is 428 g/mol. The highest BCUT2D eigenvalue weighted by Gasteiger charge is 2.34. The number of carbonyl (C=O) groups excluding carboxylic acids is 1. The summed E-state index contributed by atoms with van der Waals surface area (Å²) in [5.74, 6) is 1.35. The number of pyridine rings is 2. The zero-order valence-corrected chi connectivity index (χ0v) is 18.7. The van der Waals surface area contributed by atoms with Gasteiger partial charge >= 0.3 is 0 Å². The van der Waals surface area contributed by atoms with Gasteiger partial charge in [-0.05, 0) is 43.2 Å². The molecule has 8 heteroatoms. The van der Waals surface area contributed by atoms with Crippen molar-refractivity contribution in [1.29, 1.82) is 5.26 Å². The molecule has 0 N–H and O–H groups in total. The lowest BCUT2D eigenvalue weighted by Crippen LogP contribution is -2.51. The first-order chi connectivity index (χ1) is 16.7. The average Bonchev–Trinajstić information content (AvgIpc) is 3.25. The van der Waals surface area contributed by atoms with Gasteiger partial charge in [-0.15, -0.1) is 0 Å². The Balaban J connectivity index is 1.34. The second-order valence-corrected chi connectivity index (χ2v) is 9.07. The second-order valence-electron chi connectivity index (χ2n) is 9.07. The SMILES string of the molecule is N#Cc1ccc2ncc3nc(CC4CN(C(=O)c5ccccn5)C4)n(C4CCOCC4)c3c2c1. The van der Waals surface area contributed by atoms with Crippen molar-refractivity contribution >= 4 is 27.8 Å². The van der Waals surface area contributed by atoms with Gasteiger partial charge in [-0.2, -0.15) is 5.26 Å². The predicted octanol–water partition coefficient (Wildman–Crippen LogP) is 3.52. The van der Waals surface area contributed by atoms with Crippen molar-refractivity contribution in [3.63, 3.8) is 0 Å². The van der Waals surface area contributed by atoms with Gasteiger partial charge in [-0.3, -0.25) is 14.8 Å². The summed E-state index contributed by atoms with van der Waals surface area (Å²) in [5.41, 5.74) is 3.86. The highest BCUT2D eigenvalue weighted by atomic mass is 16.5. The molecule has 6 rings (SSSR count). The molecule has 0 saturated carbocycles. The minimum absolute atomic E-state index is 0.0194. The average molecular weight is 453 g/mol. The third-order valence-electron chi connectivity index (χ3n) is 6.87. The Labute approximate surface area is 196 Å². The van der Waals surface area contributed by atoms with E-state index in [4.69, 9.17) is 9.72 Å². The van der Waals surface area contributed by atoms with Crippen LogP contribution in [0.25, 0.3) is 21.9 Å². The fourth-order valence-corrected chi connectivity index (χ4v) is 5.15. The number of amides is 1. The first-order valence-corrected chi connectivity index (χ1v) is 11.7. The maximum absolute atomic E-state index is 12.7. The number of likely N-dealkylation sites (tertiary alicyclic amines) is 1.